The molecule has 0 radical (unpaired) electrons. The van der Waals surface area contributed by atoms with E-state index in [9.17, 15) is 4.79 Å². The van der Waals surface area contributed by atoms with Gasteiger partial charge in [0, 0.05) is 23.7 Å². The Hall–Kier alpha value is -1.57. The van der Waals surface area contributed by atoms with Crippen molar-refractivity contribution in [3.8, 4) is 0 Å². The summed E-state index contributed by atoms with van der Waals surface area (Å²) < 4.78 is 0. The fourth-order valence-corrected chi connectivity index (χ4v) is 2.16. The van der Waals surface area contributed by atoms with Gasteiger partial charge in [0.05, 0.1) is 0 Å². The second-order valence-corrected chi connectivity index (χ2v) is 4.77. The van der Waals surface area contributed by atoms with Crippen LogP contribution < -0.4 is 5.32 Å². The highest BCUT2D eigenvalue weighted by Gasteiger charge is 2.21. The van der Waals surface area contributed by atoms with Crippen molar-refractivity contribution in [3.05, 3.63) is 41.6 Å². The van der Waals surface area contributed by atoms with Crippen LogP contribution in [0.15, 0.2) is 36.0 Å². The summed E-state index contributed by atoms with van der Waals surface area (Å²) in [6.45, 7) is 4.90. The minimum absolute atomic E-state index is 0.0418. The molecule has 2 rings (SSSR count). The first-order valence-corrected chi connectivity index (χ1v) is 6.27. The van der Waals surface area contributed by atoms with Crippen LogP contribution in [-0.2, 0) is 4.79 Å². The van der Waals surface area contributed by atoms with E-state index in [2.05, 4.69) is 5.32 Å². The van der Waals surface area contributed by atoms with Crippen molar-refractivity contribution in [1.82, 2.24) is 5.32 Å². The Kier molecular flexibility index (Phi) is 3.62. The number of rotatable bonds is 3. The van der Waals surface area contributed by atoms with Crippen LogP contribution in [0.25, 0.3) is 5.57 Å². The Morgan fingerprint density at radius 1 is 1.24 bits per heavy atom. The zero-order valence-electron chi connectivity index (χ0n) is 10.5. The Labute approximate surface area is 103 Å². The van der Waals surface area contributed by atoms with Gasteiger partial charge >= 0.3 is 0 Å². The molecule has 1 aliphatic rings. The van der Waals surface area contributed by atoms with Crippen LogP contribution in [0.3, 0.4) is 0 Å². The van der Waals surface area contributed by atoms with Gasteiger partial charge in [-0.25, -0.2) is 0 Å². The lowest BCUT2D eigenvalue weighted by Crippen LogP contribution is -2.16. The molecule has 1 N–H and O–H groups in total. The van der Waals surface area contributed by atoms with Gasteiger partial charge in [-0.15, -0.1) is 0 Å². The molecule has 2 heteroatoms. The fraction of sp³-hybridized carbons (Fsp3) is 0.400. The van der Waals surface area contributed by atoms with Gasteiger partial charge in [-0.1, -0.05) is 44.2 Å². The predicted molar refractivity (Wildman–Crippen MR) is 70.4 cm³/mol. The number of carbonyl (C=O) groups excluding carboxylic acids is 1. The highest BCUT2D eigenvalue weighted by Crippen LogP contribution is 2.26. The molecule has 1 aliphatic heterocycles. The number of allylic oxidation sites excluding steroid dienone is 2. The standard InChI is InChI=1S/C15H19NO/c1-11(2)15(17)14(13-9-6-10-16-13)12-7-4-3-5-8-12/h3-5,7-8,11,16H,6,9-10H2,1-2H3/b14-13-. The Balaban J connectivity index is 2.45. The van der Waals surface area contributed by atoms with Crippen molar-refractivity contribution >= 4 is 11.4 Å². The molecule has 1 fully saturated rings. The molecule has 1 aromatic rings. The number of Topliss-reactive ketones (excluding diaryl/α,β-unsaturated/α-hetero) is 1. The van der Waals surface area contributed by atoms with E-state index in [4.69, 9.17) is 0 Å². The van der Waals surface area contributed by atoms with E-state index in [-0.39, 0.29) is 11.7 Å². The number of carbonyl (C=O) groups is 1. The van der Waals surface area contributed by atoms with Crippen molar-refractivity contribution < 1.29 is 4.79 Å². The molecule has 0 aliphatic carbocycles. The predicted octanol–water partition coefficient (Wildman–Crippen LogP) is 3.01. The number of ketones is 1. The quantitative estimate of drug-likeness (QED) is 0.807. The summed E-state index contributed by atoms with van der Waals surface area (Å²) in [5.74, 6) is 0.278. The second kappa shape index (κ2) is 5.17. The van der Waals surface area contributed by atoms with Gasteiger partial charge in [-0.05, 0) is 18.4 Å². The van der Waals surface area contributed by atoms with Crippen molar-refractivity contribution in [1.29, 1.82) is 0 Å². The largest absolute Gasteiger partial charge is 0.388 e. The Morgan fingerprint density at radius 2 is 1.94 bits per heavy atom. The summed E-state index contributed by atoms with van der Waals surface area (Å²) in [5.41, 5.74) is 3.05. The maximum absolute atomic E-state index is 12.3. The molecule has 0 atom stereocenters. The van der Waals surface area contributed by atoms with Gasteiger partial charge in [0.1, 0.15) is 0 Å². The number of hydrogen-bond donors (Lipinski definition) is 1. The highest BCUT2D eigenvalue weighted by atomic mass is 16.1. The number of hydrogen-bond acceptors (Lipinski definition) is 2. The third-order valence-corrected chi connectivity index (χ3v) is 3.08. The van der Waals surface area contributed by atoms with Crippen LogP contribution in [0.4, 0.5) is 0 Å². The summed E-state index contributed by atoms with van der Waals surface area (Å²) in [6.07, 6.45) is 2.11. The third kappa shape index (κ3) is 2.57. The topological polar surface area (TPSA) is 29.1 Å². The Morgan fingerprint density at radius 3 is 2.47 bits per heavy atom. The molecule has 1 saturated heterocycles. The first kappa shape index (κ1) is 11.9. The molecule has 0 saturated carbocycles. The van der Waals surface area contributed by atoms with Crippen LogP contribution >= 0.6 is 0 Å². The lowest BCUT2D eigenvalue weighted by molar-refractivity contribution is -0.116. The molecule has 0 aromatic heterocycles. The maximum Gasteiger partial charge on any atom is 0.167 e. The Bertz CT molecular complexity index is 423. The molecule has 0 spiro atoms. The average Bonchev–Trinajstić information content (AvgIpc) is 2.84. The van der Waals surface area contributed by atoms with Crippen LogP contribution in [0.1, 0.15) is 32.3 Å². The van der Waals surface area contributed by atoms with Gasteiger partial charge in [-0.3, -0.25) is 4.79 Å². The molecule has 0 unspecified atom stereocenters. The van der Waals surface area contributed by atoms with Crippen molar-refractivity contribution in [2.24, 2.45) is 5.92 Å². The maximum atomic E-state index is 12.3. The van der Waals surface area contributed by atoms with Gasteiger partial charge in [0.15, 0.2) is 5.78 Å². The van der Waals surface area contributed by atoms with Gasteiger partial charge in [0.2, 0.25) is 0 Å². The third-order valence-electron chi connectivity index (χ3n) is 3.08. The second-order valence-electron chi connectivity index (χ2n) is 4.77. The number of nitrogens with one attached hydrogen (secondary N) is 1. The van der Waals surface area contributed by atoms with E-state index in [1.165, 1.54) is 0 Å². The normalized spacial score (nSPS) is 18.1. The van der Waals surface area contributed by atoms with Crippen LogP contribution in [0.5, 0.6) is 0 Å². The molecule has 0 amide bonds. The molecular weight excluding hydrogens is 210 g/mol. The van der Waals surface area contributed by atoms with Gasteiger partial charge in [-0.2, -0.15) is 0 Å². The number of benzene rings is 1. The first-order chi connectivity index (χ1) is 8.20. The summed E-state index contributed by atoms with van der Waals surface area (Å²) >= 11 is 0. The minimum atomic E-state index is 0.0418. The van der Waals surface area contributed by atoms with E-state index in [0.29, 0.717) is 0 Å². The first-order valence-electron chi connectivity index (χ1n) is 6.27. The van der Waals surface area contributed by atoms with Crippen molar-refractivity contribution in [2.75, 3.05) is 6.54 Å². The SMILES string of the molecule is CC(C)C(=O)/C(=C1/CCCN1)c1ccccc1. The van der Waals surface area contributed by atoms with Crippen LogP contribution in [0, 0.1) is 5.92 Å². The lowest BCUT2D eigenvalue weighted by Gasteiger charge is -2.13. The molecular formula is C15H19NO. The van der Waals surface area contributed by atoms with Gasteiger partial charge < -0.3 is 5.32 Å². The van der Waals surface area contributed by atoms with E-state index in [1.807, 2.05) is 44.2 Å². The van der Waals surface area contributed by atoms with Crippen molar-refractivity contribution in [3.63, 3.8) is 0 Å². The molecule has 1 aromatic carbocycles. The van der Waals surface area contributed by atoms with Crippen molar-refractivity contribution in [2.45, 2.75) is 26.7 Å². The monoisotopic (exact) mass is 229 g/mol. The zero-order chi connectivity index (χ0) is 12.3. The molecule has 0 bridgehead atoms. The minimum Gasteiger partial charge on any atom is -0.388 e. The summed E-state index contributed by atoms with van der Waals surface area (Å²) in [4.78, 5) is 12.3. The molecule has 17 heavy (non-hydrogen) atoms. The summed E-state index contributed by atoms with van der Waals surface area (Å²) in [6, 6.07) is 9.98. The van der Waals surface area contributed by atoms with E-state index in [1.54, 1.807) is 0 Å². The van der Waals surface area contributed by atoms with Crippen LogP contribution in [-0.4, -0.2) is 12.3 Å². The smallest absolute Gasteiger partial charge is 0.167 e. The summed E-state index contributed by atoms with van der Waals surface area (Å²) in [5, 5.41) is 3.35. The average molecular weight is 229 g/mol. The molecule has 1 heterocycles. The van der Waals surface area contributed by atoms with Crippen LogP contribution in [0.2, 0.25) is 0 Å². The highest BCUT2D eigenvalue weighted by molar-refractivity contribution is 6.22. The summed E-state index contributed by atoms with van der Waals surface area (Å²) in [7, 11) is 0. The zero-order valence-corrected chi connectivity index (χ0v) is 10.5. The van der Waals surface area contributed by atoms with E-state index >= 15 is 0 Å². The molecule has 90 valence electrons. The lowest BCUT2D eigenvalue weighted by atomic mass is 9.92. The molecule has 2 nitrogen and oxygen atoms in total. The van der Waals surface area contributed by atoms with Gasteiger partial charge in [0.25, 0.3) is 0 Å². The van der Waals surface area contributed by atoms with E-state index < -0.39 is 0 Å². The fourth-order valence-electron chi connectivity index (χ4n) is 2.16. The van der Waals surface area contributed by atoms with E-state index in [0.717, 1.165) is 36.2 Å².